The van der Waals surface area contributed by atoms with E-state index in [-0.39, 0.29) is 6.09 Å². The first kappa shape index (κ1) is 20.7. The molecular formula is C23H29NO3S. The quantitative estimate of drug-likeness (QED) is 0.754. The lowest BCUT2D eigenvalue weighted by molar-refractivity contribution is -0.0371. The minimum Gasteiger partial charge on any atom is -0.444 e. The van der Waals surface area contributed by atoms with Crippen molar-refractivity contribution < 1.29 is 14.6 Å². The van der Waals surface area contributed by atoms with E-state index >= 15 is 0 Å². The second kappa shape index (κ2) is 8.18. The molecule has 0 spiro atoms. The van der Waals surface area contributed by atoms with Gasteiger partial charge in [0, 0.05) is 22.9 Å². The highest BCUT2D eigenvalue weighted by Crippen LogP contribution is 2.41. The summed E-state index contributed by atoms with van der Waals surface area (Å²) in [6.45, 7) is 8.65. The summed E-state index contributed by atoms with van der Waals surface area (Å²) in [6.07, 6.45) is 0.687. The highest BCUT2D eigenvalue weighted by atomic mass is 32.2. The van der Waals surface area contributed by atoms with Crippen molar-refractivity contribution in [3.63, 3.8) is 0 Å². The summed E-state index contributed by atoms with van der Waals surface area (Å²) in [4.78, 5) is 16.3. The molecular weight excluding hydrogens is 370 g/mol. The number of aryl methyl sites for hydroxylation is 1. The predicted molar refractivity (Wildman–Crippen MR) is 113 cm³/mol. The van der Waals surface area contributed by atoms with E-state index in [0.717, 1.165) is 10.5 Å². The molecule has 1 fully saturated rings. The van der Waals surface area contributed by atoms with Crippen molar-refractivity contribution in [3.05, 3.63) is 59.7 Å². The van der Waals surface area contributed by atoms with E-state index in [2.05, 4.69) is 25.1 Å². The van der Waals surface area contributed by atoms with Gasteiger partial charge in [-0.15, -0.1) is 0 Å². The van der Waals surface area contributed by atoms with Gasteiger partial charge in [0.15, 0.2) is 0 Å². The van der Waals surface area contributed by atoms with Gasteiger partial charge < -0.3 is 14.7 Å². The van der Waals surface area contributed by atoms with Crippen molar-refractivity contribution >= 4 is 17.9 Å². The van der Waals surface area contributed by atoms with E-state index in [1.165, 1.54) is 10.5 Å². The molecule has 0 aliphatic carbocycles. The van der Waals surface area contributed by atoms with Crippen molar-refractivity contribution in [2.75, 3.05) is 13.1 Å². The van der Waals surface area contributed by atoms with Crippen LogP contribution in [0.1, 0.15) is 44.7 Å². The van der Waals surface area contributed by atoms with Crippen molar-refractivity contribution in [2.24, 2.45) is 0 Å². The Morgan fingerprint density at radius 2 is 1.61 bits per heavy atom. The average molecular weight is 400 g/mol. The number of rotatable bonds is 3. The van der Waals surface area contributed by atoms with Crippen LogP contribution >= 0.6 is 11.8 Å². The Morgan fingerprint density at radius 1 is 1.04 bits per heavy atom. The molecule has 1 N–H and O–H groups in total. The fraction of sp³-hybridized carbons (Fsp3) is 0.435. The third kappa shape index (κ3) is 4.89. The second-order valence-electron chi connectivity index (χ2n) is 8.36. The topological polar surface area (TPSA) is 49.8 Å². The molecule has 0 atom stereocenters. The Labute approximate surface area is 171 Å². The van der Waals surface area contributed by atoms with Crippen molar-refractivity contribution in [3.8, 4) is 0 Å². The molecule has 4 nitrogen and oxygen atoms in total. The van der Waals surface area contributed by atoms with E-state index in [9.17, 15) is 9.90 Å². The molecule has 1 aliphatic heterocycles. The normalized spacial score (nSPS) is 16.7. The van der Waals surface area contributed by atoms with Gasteiger partial charge in [-0.2, -0.15) is 0 Å². The van der Waals surface area contributed by atoms with Crippen LogP contribution in [0, 0.1) is 6.92 Å². The molecule has 0 aromatic heterocycles. The number of hydrogen-bond donors (Lipinski definition) is 1. The number of piperidine rings is 1. The van der Waals surface area contributed by atoms with Crippen LogP contribution < -0.4 is 0 Å². The van der Waals surface area contributed by atoms with Gasteiger partial charge in [-0.05, 0) is 63.8 Å². The largest absolute Gasteiger partial charge is 0.444 e. The van der Waals surface area contributed by atoms with Gasteiger partial charge in [-0.1, -0.05) is 48.2 Å². The number of carbonyl (C=O) groups excluding carboxylic acids is 1. The third-order valence-electron chi connectivity index (χ3n) is 4.94. The fourth-order valence-electron chi connectivity index (χ4n) is 3.38. The van der Waals surface area contributed by atoms with Crippen LogP contribution in [0.5, 0.6) is 0 Å². The number of amides is 1. The maximum Gasteiger partial charge on any atom is 0.410 e. The molecule has 3 rings (SSSR count). The highest BCUT2D eigenvalue weighted by Gasteiger charge is 2.38. The summed E-state index contributed by atoms with van der Waals surface area (Å²) in [5.41, 5.74) is 0.702. The number of aliphatic hydroxyl groups is 1. The molecule has 0 radical (unpaired) electrons. The molecule has 5 heteroatoms. The number of carbonyl (C=O) groups is 1. The molecule has 1 saturated heterocycles. The standard InChI is InChI=1S/C23H29NO3S/c1-17-9-5-7-11-19(17)28-20-12-8-6-10-18(20)23(26)13-15-24(16-14-23)21(25)27-22(2,3)4/h5-12,26H,13-16H2,1-4H3. The lowest BCUT2D eigenvalue weighted by atomic mass is 9.84. The summed E-state index contributed by atoms with van der Waals surface area (Å²) in [5, 5.41) is 11.4. The summed E-state index contributed by atoms with van der Waals surface area (Å²) in [7, 11) is 0. The molecule has 0 bridgehead atoms. The summed E-state index contributed by atoms with van der Waals surface area (Å²) in [5.74, 6) is 0. The van der Waals surface area contributed by atoms with Crippen LogP contribution in [0.25, 0.3) is 0 Å². The molecule has 150 valence electrons. The molecule has 1 aliphatic rings. The van der Waals surface area contributed by atoms with Gasteiger partial charge in [-0.25, -0.2) is 4.79 Å². The minimum atomic E-state index is -0.940. The van der Waals surface area contributed by atoms with Crippen LogP contribution in [-0.4, -0.2) is 34.8 Å². The first-order chi connectivity index (χ1) is 13.2. The highest BCUT2D eigenvalue weighted by molar-refractivity contribution is 7.99. The van der Waals surface area contributed by atoms with Gasteiger partial charge in [0.05, 0.1) is 5.60 Å². The first-order valence-corrected chi connectivity index (χ1v) is 10.5. The number of benzene rings is 2. The first-order valence-electron chi connectivity index (χ1n) is 9.71. The van der Waals surface area contributed by atoms with Gasteiger partial charge in [-0.3, -0.25) is 0 Å². The Kier molecular flexibility index (Phi) is 6.06. The average Bonchev–Trinajstić information content (AvgIpc) is 2.63. The van der Waals surface area contributed by atoms with Gasteiger partial charge >= 0.3 is 6.09 Å². The number of likely N-dealkylation sites (tertiary alicyclic amines) is 1. The predicted octanol–water partition coefficient (Wildman–Crippen LogP) is 5.36. The monoisotopic (exact) mass is 399 g/mol. The Bertz CT molecular complexity index is 836. The van der Waals surface area contributed by atoms with E-state index in [1.54, 1.807) is 16.7 Å². The number of hydrogen-bond acceptors (Lipinski definition) is 4. The lowest BCUT2D eigenvalue weighted by Gasteiger charge is -2.39. The summed E-state index contributed by atoms with van der Waals surface area (Å²) >= 11 is 1.68. The van der Waals surface area contributed by atoms with Crippen LogP contribution in [0.2, 0.25) is 0 Å². The van der Waals surface area contributed by atoms with E-state index in [1.807, 2.05) is 51.1 Å². The Hall–Kier alpha value is -1.98. The Balaban J connectivity index is 1.76. The van der Waals surface area contributed by atoms with Gasteiger partial charge in [0.2, 0.25) is 0 Å². The molecule has 0 unspecified atom stereocenters. The van der Waals surface area contributed by atoms with Crippen molar-refractivity contribution in [1.82, 2.24) is 4.90 Å². The van der Waals surface area contributed by atoms with E-state index in [4.69, 9.17) is 4.74 Å². The van der Waals surface area contributed by atoms with E-state index < -0.39 is 11.2 Å². The van der Waals surface area contributed by atoms with E-state index in [0.29, 0.717) is 25.9 Å². The van der Waals surface area contributed by atoms with Gasteiger partial charge in [0.25, 0.3) is 0 Å². The molecule has 28 heavy (non-hydrogen) atoms. The lowest BCUT2D eigenvalue weighted by Crippen LogP contribution is -2.47. The molecule has 2 aromatic carbocycles. The van der Waals surface area contributed by atoms with Crippen molar-refractivity contribution in [1.29, 1.82) is 0 Å². The zero-order valence-corrected chi connectivity index (χ0v) is 17.9. The zero-order valence-electron chi connectivity index (χ0n) is 17.1. The van der Waals surface area contributed by atoms with Gasteiger partial charge in [0.1, 0.15) is 5.60 Å². The summed E-state index contributed by atoms with van der Waals surface area (Å²) in [6, 6.07) is 16.3. The zero-order chi connectivity index (χ0) is 20.4. The smallest absolute Gasteiger partial charge is 0.410 e. The van der Waals surface area contributed by atoms with Crippen molar-refractivity contribution in [2.45, 2.75) is 61.5 Å². The Morgan fingerprint density at radius 3 is 2.21 bits per heavy atom. The fourth-order valence-corrected chi connectivity index (χ4v) is 4.51. The SMILES string of the molecule is Cc1ccccc1Sc1ccccc1C1(O)CCN(C(=O)OC(C)(C)C)CC1. The van der Waals surface area contributed by atoms with Crippen LogP contribution in [0.15, 0.2) is 58.3 Å². The third-order valence-corrected chi connectivity index (χ3v) is 6.20. The number of ether oxygens (including phenoxy) is 1. The van der Waals surface area contributed by atoms with Crippen LogP contribution in [0.3, 0.4) is 0 Å². The maximum atomic E-state index is 12.3. The van der Waals surface area contributed by atoms with Crippen LogP contribution in [0.4, 0.5) is 4.79 Å². The molecule has 0 saturated carbocycles. The molecule has 1 heterocycles. The van der Waals surface area contributed by atoms with Crippen LogP contribution in [-0.2, 0) is 10.3 Å². The second-order valence-corrected chi connectivity index (χ2v) is 9.45. The molecule has 2 aromatic rings. The molecule has 1 amide bonds. The number of nitrogens with zero attached hydrogens (tertiary/aromatic N) is 1. The minimum absolute atomic E-state index is 0.308. The maximum absolute atomic E-state index is 12.3. The summed E-state index contributed by atoms with van der Waals surface area (Å²) < 4.78 is 5.47.